The minimum atomic E-state index is -4.75. The quantitative estimate of drug-likeness (QED) is 0.226. The largest absolute Gasteiger partial charge is 0.470 e. The van der Waals surface area contributed by atoms with Crippen LogP contribution in [0.5, 0.6) is 5.75 Å². The molecule has 204 valence electrons. The summed E-state index contributed by atoms with van der Waals surface area (Å²) >= 11 is 6.79. The van der Waals surface area contributed by atoms with Crippen molar-refractivity contribution in [2.75, 3.05) is 5.32 Å². The Morgan fingerprint density at radius 1 is 1.12 bits per heavy atom. The number of alkyl halides is 3. The minimum absolute atomic E-state index is 0.0472. The van der Waals surface area contributed by atoms with Crippen LogP contribution in [0.3, 0.4) is 0 Å². The van der Waals surface area contributed by atoms with E-state index in [0.717, 1.165) is 11.6 Å². The number of nitrogens with zero attached hydrogens (tertiary/aromatic N) is 3. The van der Waals surface area contributed by atoms with E-state index in [2.05, 4.69) is 15.4 Å². The van der Waals surface area contributed by atoms with Crippen LogP contribution in [-0.4, -0.2) is 26.6 Å². The molecule has 5 rings (SSSR count). The van der Waals surface area contributed by atoms with Crippen molar-refractivity contribution in [3.05, 3.63) is 93.7 Å². The van der Waals surface area contributed by atoms with E-state index >= 15 is 0 Å². The van der Waals surface area contributed by atoms with E-state index in [9.17, 15) is 22.8 Å². The maximum Gasteiger partial charge on any atom is 0.433 e. The number of amides is 2. The summed E-state index contributed by atoms with van der Waals surface area (Å²) in [7, 11) is 0. The van der Waals surface area contributed by atoms with Gasteiger partial charge in [-0.2, -0.15) is 18.3 Å². The Balaban J connectivity index is 1.58. The number of nitrogens with two attached hydrogens (primary N) is 1. The van der Waals surface area contributed by atoms with E-state index in [4.69, 9.17) is 22.1 Å². The molecule has 2 aromatic carbocycles. The third-order valence-corrected chi connectivity index (χ3v) is 7.32. The van der Waals surface area contributed by atoms with E-state index < -0.39 is 23.7 Å². The number of rotatable bonds is 7. The van der Waals surface area contributed by atoms with Crippen LogP contribution in [0, 0.1) is 6.92 Å². The van der Waals surface area contributed by atoms with Crippen LogP contribution in [0.15, 0.2) is 66.9 Å². The first-order chi connectivity index (χ1) is 19.0. The van der Waals surface area contributed by atoms with Gasteiger partial charge in [-0.1, -0.05) is 53.6 Å². The molecule has 0 atom stereocenters. The van der Waals surface area contributed by atoms with Crippen molar-refractivity contribution in [1.29, 1.82) is 0 Å². The molecular weight excluding hydrogens is 567 g/mol. The molecule has 0 unspecified atom stereocenters. The average molecular weight is 586 g/mol. The summed E-state index contributed by atoms with van der Waals surface area (Å²) in [6, 6.07) is 15.9. The van der Waals surface area contributed by atoms with Crippen LogP contribution in [0.25, 0.3) is 21.3 Å². The fraction of sp³-hybridized carbons (Fsp3) is 0.111. The van der Waals surface area contributed by atoms with Gasteiger partial charge in [0.2, 0.25) is 0 Å². The van der Waals surface area contributed by atoms with E-state index in [0.29, 0.717) is 27.7 Å². The van der Waals surface area contributed by atoms with Gasteiger partial charge in [-0.25, -0.2) is 9.67 Å². The second-order valence-electron chi connectivity index (χ2n) is 8.64. The van der Waals surface area contributed by atoms with Crippen molar-refractivity contribution >= 4 is 50.7 Å². The Morgan fingerprint density at radius 2 is 1.85 bits per heavy atom. The number of halogens is 4. The zero-order chi connectivity index (χ0) is 28.6. The smallest absolute Gasteiger partial charge is 0.433 e. The second kappa shape index (κ2) is 10.6. The fourth-order valence-corrected chi connectivity index (χ4v) is 5.19. The number of thiophene rings is 1. The number of anilines is 1. The number of hydrogen-bond acceptors (Lipinski definition) is 6. The summed E-state index contributed by atoms with van der Waals surface area (Å²) in [4.78, 5) is 29.3. The molecular formula is C27H19ClF3N5O3S. The SMILES string of the molecule is Cc1ccc(-c2cc(C(F)(F)F)nc3sc(C(N)=O)c(NC(=O)c4ccnn4COc4ccccc4Cl)c23)cc1. The third kappa shape index (κ3) is 5.36. The van der Waals surface area contributed by atoms with Gasteiger partial charge in [0.25, 0.3) is 11.8 Å². The average Bonchev–Trinajstić information content (AvgIpc) is 3.53. The number of pyridine rings is 1. The lowest BCUT2D eigenvalue weighted by atomic mass is 10.00. The summed E-state index contributed by atoms with van der Waals surface area (Å²) in [6.07, 6.45) is -3.37. The number of fused-ring (bicyclic) bond motifs is 1. The highest BCUT2D eigenvalue weighted by molar-refractivity contribution is 7.21. The number of para-hydroxylation sites is 1. The van der Waals surface area contributed by atoms with Gasteiger partial charge in [0.1, 0.15) is 26.8 Å². The molecule has 0 spiro atoms. The third-order valence-electron chi connectivity index (χ3n) is 5.91. The first-order valence-electron chi connectivity index (χ1n) is 11.6. The lowest BCUT2D eigenvalue weighted by molar-refractivity contribution is -0.140. The Morgan fingerprint density at radius 3 is 2.52 bits per heavy atom. The van der Waals surface area contributed by atoms with Gasteiger partial charge < -0.3 is 15.8 Å². The van der Waals surface area contributed by atoms with Crippen molar-refractivity contribution in [3.63, 3.8) is 0 Å². The van der Waals surface area contributed by atoms with Crippen LogP contribution in [0.4, 0.5) is 18.9 Å². The van der Waals surface area contributed by atoms with Gasteiger partial charge in [0.15, 0.2) is 6.73 Å². The molecule has 0 aliphatic carbocycles. The molecule has 0 aliphatic heterocycles. The molecule has 0 bridgehead atoms. The number of carbonyl (C=O) groups is 2. The minimum Gasteiger partial charge on any atom is -0.470 e. The molecule has 0 radical (unpaired) electrons. The molecule has 3 aromatic heterocycles. The van der Waals surface area contributed by atoms with E-state index in [1.54, 1.807) is 48.5 Å². The van der Waals surface area contributed by atoms with Gasteiger partial charge in [-0.15, -0.1) is 11.3 Å². The summed E-state index contributed by atoms with van der Waals surface area (Å²) in [5, 5.41) is 7.28. The van der Waals surface area contributed by atoms with E-state index in [-0.39, 0.29) is 38.8 Å². The number of carbonyl (C=O) groups excluding carboxylic acids is 2. The molecule has 3 heterocycles. The van der Waals surface area contributed by atoms with Crippen molar-refractivity contribution in [1.82, 2.24) is 14.8 Å². The molecule has 0 aliphatic rings. The van der Waals surface area contributed by atoms with Crippen LogP contribution in [0.1, 0.15) is 31.4 Å². The van der Waals surface area contributed by atoms with E-state index in [1.165, 1.54) is 16.9 Å². The molecule has 0 fully saturated rings. The van der Waals surface area contributed by atoms with Gasteiger partial charge in [-0.3, -0.25) is 9.59 Å². The van der Waals surface area contributed by atoms with Crippen molar-refractivity contribution < 1.29 is 27.5 Å². The van der Waals surface area contributed by atoms with Crippen molar-refractivity contribution in [3.8, 4) is 16.9 Å². The zero-order valence-corrected chi connectivity index (χ0v) is 22.2. The normalized spacial score (nSPS) is 11.5. The molecule has 13 heteroatoms. The lowest BCUT2D eigenvalue weighted by Crippen LogP contribution is -2.21. The molecule has 0 saturated carbocycles. The number of primary amides is 1. The molecule has 0 saturated heterocycles. The number of aromatic nitrogens is 3. The Kier molecular flexibility index (Phi) is 7.21. The number of hydrogen-bond donors (Lipinski definition) is 2. The highest BCUT2D eigenvalue weighted by Crippen LogP contribution is 2.43. The molecule has 3 N–H and O–H groups in total. The van der Waals surface area contributed by atoms with Crippen LogP contribution in [0.2, 0.25) is 5.02 Å². The Labute approximate surface area is 234 Å². The van der Waals surface area contributed by atoms with Gasteiger partial charge in [0, 0.05) is 11.6 Å². The van der Waals surface area contributed by atoms with E-state index in [1.807, 2.05) is 6.92 Å². The van der Waals surface area contributed by atoms with Crippen LogP contribution in [-0.2, 0) is 12.9 Å². The molecule has 2 amide bonds. The monoisotopic (exact) mass is 585 g/mol. The van der Waals surface area contributed by atoms with Gasteiger partial charge in [-0.05, 0) is 42.3 Å². The first-order valence-corrected chi connectivity index (χ1v) is 12.8. The predicted octanol–water partition coefficient (Wildman–Crippen LogP) is 6.53. The Hall–Kier alpha value is -4.42. The number of nitrogens with one attached hydrogen (secondary N) is 1. The second-order valence-corrected chi connectivity index (χ2v) is 10.0. The first kappa shape index (κ1) is 27.2. The highest BCUT2D eigenvalue weighted by Gasteiger charge is 2.35. The van der Waals surface area contributed by atoms with Gasteiger partial charge in [0.05, 0.1) is 10.7 Å². The standard InChI is InChI=1S/C27H19ClF3N5O3S/c1-14-6-8-15(9-7-14)16-12-20(27(29,30)31)34-26-21(16)22(23(40-26)24(32)37)35-25(38)18-10-11-33-36(18)13-39-19-5-3-2-4-17(19)28/h2-12H,13H2,1H3,(H2,32,37)(H,35,38). The fourth-order valence-electron chi connectivity index (χ4n) is 4.00. The number of benzene rings is 2. The summed E-state index contributed by atoms with van der Waals surface area (Å²) in [5.74, 6) is -1.25. The maximum atomic E-state index is 13.8. The summed E-state index contributed by atoms with van der Waals surface area (Å²) in [6.45, 7) is 1.67. The molecule has 5 aromatic rings. The zero-order valence-electron chi connectivity index (χ0n) is 20.6. The highest BCUT2D eigenvalue weighted by atomic mass is 35.5. The topological polar surface area (TPSA) is 112 Å². The predicted molar refractivity (Wildman–Crippen MR) is 146 cm³/mol. The number of ether oxygens (including phenoxy) is 1. The van der Waals surface area contributed by atoms with Crippen molar-refractivity contribution in [2.24, 2.45) is 5.73 Å². The van der Waals surface area contributed by atoms with Crippen LogP contribution < -0.4 is 15.8 Å². The maximum absolute atomic E-state index is 13.8. The Bertz CT molecular complexity index is 1750. The molecule has 8 nitrogen and oxygen atoms in total. The number of aryl methyl sites for hydroxylation is 1. The van der Waals surface area contributed by atoms with Crippen molar-refractivity contribution in [2.45, 2.75) is 19.8 Å². The van der Waals surface area contributed by atoms with Gasteiger partial charge >= 0.3 is 6.18 Å². The summed E-state index contributed by atoms with van der Waals surface area (Å²) < 4.78 is 48.2. The van der Waals surface area contributed by atoms with Crippen LogP contribution >= 0.6 is 22.9 Å². The summed E-state index contributed by atoms with van der Waals surface area (Å²) in [5.41, 5.74) is 5.92. The molecule has 40 heavy (non-hydrogen) atoms. The lowest BCUT2D eigenvalue weighted by Gasteiger charge is -2.13.